The number of hydrogen-bond acceptors (Lipinski definition) is 3. The zero-order valence-corrected chi connectivity index (χ0v) is 10.9. The van der Waals surface area contributed by atoms with Gasteiger partial charge in [-0.05, 0) is 25.8 Å². The minimum absolute atomic E-state index is 1.00. The van der Waals surface area contributed by atoms with Gasteiger partial charge in [0.1, 0.15) is 0 Å². The van der Waals surface area contributed by atoms with Gasteiger partial charge in [-0.1, -0.05) is 27.2 Å². The molecule has 0 aliphatic rings. The van der Waals surface area contributed by atoms with Crippen molar-refractivity contribution in [2.75, 3.05) is 6.54 Å². The van der Waals surface area contributed by atoms with Crippen molar-refractivity contribution in [1.82, 2.24) is 10.3 Å². The molecule has 2 nitrogen and oxygen atoms in total. The van der Waals surface area contributed by atoms with E-state index in [9.17, 15) is 0 Å². The van der Waals surface area contributed by atoms with Gasteiger partial charge in [0.25, 0.3) is 0 Å². The van der Waals surface area contributed by atoms with Crippen LogP contribution in [0.4, 0.5) is 0 Å². The van der Waals surface area contributed by atoms with Gasteiger partial charge in [-0.15, -0.1) is 11.3 Å². The third-order valence-corrected chi connectivity index (χ3v) is 3.57. The quantitative estimate of drug-likeness (QED) is 0.722. The average Bonchev–Trinajstić information content (AvgIpc) is 2.62. The Hall–Kier alpha value is -0.410. The lowest BCUT2D eigenvalue weighted by Crippen LogP contribution is -2.13. The minimum atomic E-state index is 1.00. The standard InChI is InChI=1S/C12H22N2S/c1-4-7-10-11(9-13-8-5-2)15-12(6-3)14-10/h13H,4-9H2,1-3H3. The van der Waals surface area contributed by atoms with E-state index in [1.54, 1.807) is 0 Å². The van der Waals surface area contributed by atoms with Gasteiger partial charge in [-0.3, -0.25) is 0 Å². The SMILES string of the molecule is CCCNCc1sc(CC)nc1CCC. The number of thiazole rings is 1. The molecule has 1 aromatic heterocycles. The molecule has 1 aromatic rings. The molecule has 86 valence electrons. The molecule has 1 N–H and O–H groups in total. The molecule has 0 unspecified atom stereocenters. The summed E-state index contributed by atoms with van der Waals surface area (Å²) in [6.45, 7) is 8.70. The Kier molecular flexibility index (Phi) is 5.88. The van der Waals surface area contributed by atoms with E-state index < -0.39 is 0 Å². The van der Waals surface area contributed by atoms with E-state index in [-0.39, 0.29) is 0 Å². The van der Waals surface area contributed by atoms with E-state index in [1.165, 1.54) is 28.4 Å². The van der Waals surface area contributed by atoms with Crippen molar-refractivity contribution in [2.45, 2.75) is 53.0 Å². The van der Waals surface area contributed by atoms with Crippen molar-refractivity contribution in [3.63, 3.8) is 0 Å². The first-order valence-electron chi connectivity index (χ1n) is 5.99. The van der Waals surface area contributed by atoms with Crippen molar-refractivity contribution in [2.24, 2.45) is 0 Å². The first-order chi connectivity index (χ1) is 7.31. The maximum Gasteiger partial charge on any atom is 0.0928 e. The lowest BCUT2D eigenvalue weighted by molar-refractivity contribution is 0.674. The smallest absolute Gasteiger partial charge is 0.0928 e. The number of hydrogen-bond donors (Lipinski definition) is 1. The molecule has 1 rings (SSSR count). The molecule has 0 saturated carbocycles. The van der Waals surface area contributed by atoms with E-state index in [0.717, 1.165) is 25.9 Å². The average molecular weight is 226 g/mol. The first kappa shape index (κ1) is 12.7. The molecule has 0 fully saturated rings. The van der Waals surface area contributed by atoms with Crippen LogP contribution in [0.1, 0.15) is 49.2 Å². The second kappa shape index (κ2) is 6.96. The fraction of sp³-hybridized carbons (Fsp3) is 0.750. The van der Waals surface area contributed by atoms with Crippen LogP contribution in [0.25, 0.3) is 0 Å². The van der Waals surface area contributed by atoms with Crippen LogP contribution >= 0.6 is 11.3 Å². The van der Waals surface area contributed by atoms with Crippen LogP contribution in [0, 0.1) is 0 Å². The minimum Gasteiger partial charge on any atom is -0.312 e. The lowest BCUT2D eigenvalue weighted by Gasteiger charge is -2.02. The Morgan fingerprint density at radius 1 is 1.20 bits per heavy atom. The van der Waals surface area contributed by atoms with Crippen molar-refractivity contribution in [1.29, 1.82) is 0 Å². The molecule has 0 aliphatic carbocycles. The van der Waals surface area contributed by atoms with Crippen LogP contribution in [0.15, 0.2) is 0 Å². The molecule has 0 radical (unpaired) electrons. The highest BCUT2D eigenvalue weighted by atomic mass is 32.1. The maximum atomic E-state index is 4.68. The summed E-state index contributed by atoms with van der Waals surface area (Å²) in [5.41, 5.74) is 1.32. The maximum absolute atomic E-state index is 4.68. The molecular formula is C12H22N2S. The zero-order valence-electron chi connectivity index (χ0n) is 10.1. The number of nitrogens with zero attached hydrogens (tertiary/aromatic N) is 1. The van der Waals surface area contributed by atoms with Gasteiger partial charge in [0.2, 0.25) is 0 Å². The topological polar surface area (TPSA) is 24.9 Å². The van der Waals surface area contributed by atoms with Crippen molar-refractivity contribution in [3.8, 4) is 0 Å². The molecule has 0 atom stereocenters. The summed E-state index contributed by atoms with van der Waals surface area (Å²) >= 11 is 1.88. The molecule has 0 spiro atoms. The van der Waals surface area contributed by atoms with Crippen molar-refractivity contribution >= 4 is 11.3 Å². The number of nitrogens with one attached hydrogen (secondary N) is 1. The van der Waals surface area contributed by atoms with Crippen LogP contribution in [-0.2, 0) is 19.4 Å². The first-order valence-corrected chi connectivity index (χ1v) is 6.81. The fourth-order valence-electron chi connectivity index (χ4n) is 1.54. The molecule has 0 amide bonds. The summed E-state index contributed by atoms with van der Waals surface area (Å²) in [4.78, 5) is 6.12. The summed E-state index contributed by atoms with van der Waals surface area (Å²) < 4.78 is 0. The fourth-order valence-corrected chi connectivity index (χ4v) is 2.56. The molecule has 0 saturated heterocycles. The Morgan fingerprint density at radius 2 is 2.00 bits per heavy atom. The van der Waals surface area contributed by atoms with Crippen LogP contribution in [0.5, 0.6) is 0 Å². The van der Waals surface area contributed by atoms with Gasteiger partial charge in [0, 0.05) is 11.4 Å². The molecule has 3 heteroatoms. The van der Waals surface area contributed by atoms with Gasteiger partial charge in [0.05, 0.1) is 10.7 Å². The third-order valence-electron chi connectivity index (χ3n) is 2.32. The highest BCUT2D eigenvalue weighted by Crippen LogP contribution is 2.20. The predicted octanol–water partition coefficient (Wildman–Crippen LogP) is 3.16. The van der Waals surface area contributed by atoms with Gasteiger partial charge in [0.15, 0.2) is 0 Å². The molecular weight excluding hydrogens is 204 g/mol. The summed E-state index contributed by atoms with van der Waals surface area (Å²) in [7, 11) is 0. The Bertz CT molecular complexity index is 281. The summed E-state index contributed by atoms with van der Waals surface area (Å²) in [5, 5.41) is 4.74. The second-order valence-electron chi connectivity index (χ2n) is 3.76. The molecule has 15 heavy (non-hydrogen) atoms. The van der Waals surface area contributed by atoms with Crippen LogP contribution in [-0.4, -0.2) is 11.5 Å². The number of aryl methyl sites for hydroxylation is 2. The highest BCUT2D eigenvalue weighted by molar-refractivity contribution is 7.11. The summed E-state index contributed by atoms with van der Waals surface area (Å²) in [6, 6.07) is 0. The van der Waals surface area contributed by atoms with E-state index in [1.807, 2.05) is 11.3 Å². The molecule has 0 bridgehead atoms. The van der Waals surface area contributed by atoms with Gasteiger partial charge in [-0.2, -0.15) is 0 Å². The van der Waals surface area contributed by atoms with E-state index in [4.69, 9.17) is 0 Å². The Balaban J connectivity index is 2.61. The third kappa shape index (κ3) is 3.92. The second-order valence-corrected chi connectivity index (χ2v) is 4.93. The van der Waals surface area contributed by atoms with E-state index in [2.05, 4.69) is 31.1 Å². The largest absolute Gasteiger partial charge is 0.312 e. The van der Waals surface area contributed by atoms with Gasteiger partial charge >= 0.3 is 0 Å². The predicted molar refractivity (Wildman–Crippen MR) is 67.5 cm³/mol. The highest BCUT2D eigenvalue weighted by Gasteiger charge is 2.08. The Morgan fingerprint density at radius 3 is 2.60 bits per heavy atom. The van der Waals surface area contributed by atoms with E-state index in [0.29, 0.717) is 0 Å². The normalized spacial score (nSPS) is 10.9. The van der Waals surface area contributed by atoms with Gasteiger partial charge < -0.3 is 5.32 Å². The number of aromatic nitrogens is 1. The van der Waals surface area contributed by atoms with E-state index >= 15 is 0 Å². The number of rotatable bonds is 7. The monoisotopic (exact) mass is 226 g/mol. The molecule has 0 aromatic carbocycles. The summed E-state index contributed by atoms with van der Waals surface area (Å²) in [6.07, 6.45) is 4.57. The summed E-state index contributed by atoms with van der Waals surface area (Å²) in [5.74, 6) is 0. The van der Waals surface area contributed by atoms with Crippen LogP contribution in [0.2, 0.25) is 0 Å². The van der Waals surface area contributed by atoms with Crippen LogP contribution < -0.4 is 5.32 Å². The zero-order chi connectivity index (χ0) is 11.1. The van der Waals surface area contributed by atoms with Crippen molar-refractivity contribution < 1.29 is 0 Å². The molecule has 0 aliphatic heterocycles. The van der Waals surface area contributed by atoms with Crippen LogP contribution in [0.3, 0.4) is 0 Å². The molecule has 1 heterocycles. The van der Waals surface area contributed by atoms with Crippen molar-refractivity contribution in [3.05, 3.63) is 15.6 Å². The van der Waals surface area contributed by atoms with Gasteiger partial charge in [-0.25, -0.2) is 4.98 Å². The Labute approximate surface area is 97.1 Å². The lowest BCUT2D eigenvalue weighted by atomic mass is 10.2.